The average molecular weight is 297 g/mol. The lowest BCUT2D eigenvalue weighted by molar-refractivity contribution is -0.129. The molecule has 0 atom stereocenters. The summed E-state index contributed by atoms with van der Waals surface area (Å²) in [6, 6.07) is 5.49. The number of rotatable bonds is 10. The number of benzene rings is 1. The van der Waals surface area contributed by atoms with Gasteiger partial charge in [0.05, 0.1) is 20.8 Å². The number of hydrogen-bond donors (Lipinski definition) is 2. The van der Waals surface area contributed by atoms with Gasteiger partial charge in [-0.15, -0.1) is 0 Å². The molecule has 2 N–H and O–H groups in total. The van der Waals surface area contributed by atoms with Crippen molar-refractivity contribution >= 4 is 5.91 Å². The summed E-state index contributed by atoms with van der Waals surface area (Å²) in [7, 11) is 3.18. The third-order valence-electron chi connectivity index (χ3n) is 3.05. The van der Waals surface area contributed by atoms with E-state index >= 15 is 0 Å². The van der Waals surface area contributed by atoms with Gasteiger partial charge in [-0.3, -0.25) is 10.0 Å². The number of carbonyl (C=O) groups is 1. The standard InChI is InChI=1S/C15H23NO5/c1-19-12-8-7-9-13(20-2)15(12)21-11-6-4-3-5-10-14(17)16-18/h7-9,18H,3-6,10-11H2,1-2H3,(H,16,17). The van der Waals surface area contributed by atoms with E-state index in [1.165, 1.54) is 0 Å². The van der Waals surface area contributed by atoms with Gasteiger partial charge >= 0.3 is 0 Å². The fraction of sp³-hybridized carbons (Fsp3) is 0.533. The van der Waals surface area contributed by atoms with Crippen LogP contribution in [-0.4, -0.2) is 31.9 Å². The Balaban J connectivity index is 2.28. The second kappa shape index (κ2) is 9.88. The van der Waals surface area contributed by atoms with Crippen molar-refractivity contribution in [1.29, 1.82) is 0 Å². The minimum Gasteiger partial charge on any atom is -0.493 e. The first-order valence-corrected chi connectivity index (χ1v) is 6.99. The van der Waals surface area contributed by atoms with E-state index in [1.807, 2.05) is 18.2 Å². The zero-order valence-corrected chi connectivity index (χ0v) is 12.6. The van der Waals surface area contributed by atoms with E-state index in [9.17, 15) is 4.79 Å². The van der Waals surface area contributed by atoms with Crippen molar-refractivity contribution in [2.45, 2.75) is 32.1 Å². The van der Waals surface area contributed by atoms with Crippen LogP contribution in [0.25, 0.3) is 0 Å². The van der Waals surface area contributed by atoms with Gasteiger partial charge in [0.2, 0.25) is 11.7 Å². The highest BCUT2D eigenvalue weighted by Gasteiger charge is 2.10. The van der Waals surface area contributed by atoms with E-state index < -0.39 is 0 Å². The van der Waals surface area contributed by atoms with Crippen molar-refractivity contribution in [3.63, 3.8) is 0 Å². The smallest absolute Gasteiger partial charge is 0.243 e. The summed E-state index contributed by atoms with van der Waals surface area (Å²) in [5, 5.41) is 8.36. The first kappa shape index (κ1) is 17.1. The Bertz CT molecular complexity index is 414. The Morgan fingerprint density at radius 2 is 1.71 bits per heavy atom. The quantitative estimate of drug-likeness (QED) is 0.394. The summed E-state index contributed by atoms with van der Waals surface area (Å²) in [5.41, 5.74) is 1.62. The molecule has 6 nitrogen and oxygen atoms in total. The molecule has 0 aliphatic carbocycles. The van der Waals surface area contributed by atoms with E-state index in [0.717, 1.165) is 25.7 Å². The maximum Gasteiger partial charge on any atom is 0.243 e. The summed E-state index contributed by atoms with van der Waals surface area (Å²) >= 11 is 0. The van der Waals surface area contributed by atoms with E-state index in [0.29, 0.717) is 30.3 Å². The lowest BCUT2D eigenvalue weighted by Gasteiger charge is -2.13. The van der Waals surface area contributed by atoms with Crippen molar-refractivity contribution in [3.8, 4) is 17.2 Å². The summed E-state index contributed by atoms with van der Waals surface area (Å²) < 4.78 is 16.2. The molecule has 118 valence electrons. The van der Waals surface area contributed by atoms with E-state index in [-0.39, 0.29) is 5.91 Å². The highest BCUT2D eigenvalue weighted by molar-refractivity contribution is 5.74. The van der Waals surface area contributed by atoms with Crippen molar-refractivity contribution < 1.29 is 24.2 Å². The van der Waals surface area contributed by atoms with Crippen LogP contribution in [0.1, 0.15) is 32.1 Å². The number of nitrogens with one attached hydrogen (secondary N) is 1. The van der Waals surface area contributed by atoms with Crippen LogP contribution >= 0.6 is 0 Å². The highest BCUT2D eigenvalue weighted by atomic mass is 16.5. The molecular formula is C15H23NO5. The Labute approximate surface area is 125 Å². The molecule has 1 rings (SSSR count). The number of carbonyl (C=O) groups excluding carboxylic acids is 1. The predicted molar refractivity (Wildman–Crippen MR) is 78.1 cm³/mol. The zero-order chi connectivity index (χ0) is 15.5. The summed E-state index contributed by atoms with van der Waals surface area (Å²) in [6.45, 7) is 0.558. The van der Waals surface area contributed by atoms with Crippen molar-refractivity contribution in [1.82, 2.24) is 5.48 Å². The van der Waals surface area contributed by atoms with Gasteiger partial charge in [-0.25, -0.2) is 5.48 Å². The molecule has 0 saturated heterocycles. The molecular weight excluding hydrogens is 274 g/mol. The van der Waals surface area contributed by atoms with Crippen molar-refractivity contribution in [2.24, 2.45) is 0 Å². The predicted octanol–water partition coefficient (Wildman–Crippen LogP) is 2.54. The molecule has 0 fully saturated rings. The van der Waals surface area contributed by atoms with Crippen LogP contribution in [0, 0.1) is 0 Å². The Morgan fingerprint density at radius 3 is 2.29 bits per heavy atom. The van der Waals surface area contributed by atoms with Gasteiger partial charge in [-0.1, -0.05) is 18.9 Å². The van der Waals surface area contributed by atoms with Crippen LogP contribution in [0.15, 0.2) is 18.2 Å². The van der Waals surface area contributed by atoms with Crippen LogP contribution in [-0.2, 0) is 4.79 Å². The Morgan fingerprint density at radius 1 is 1.10 bits per heavy atom. The molecule has 0 aromatic heterocycles. The first-order chi connectivity index (χ1) is 10.2. The molecule has 0 heterocycles. The van der Waals surface area contributed by atoms with Gasteiger partial charge in [0, 0.05) is 6.42 Å². The number of para-hydroxylation sites is 1. The Kier molecular flexibility index (Phi) is 8.04. The van der Waals surface area contributed by atoms with Crippen LogP contribution < -0.4 is 19.7 Å². The monoisotopic (exact) mass is 297 g/mol. The Hall–Kier alpha value is -1.95. The summed E-state index contributed by atoms with van der Waals surface area (Å²) in [6.07, 6.45) is 3.85. The van der Waals surface area contributed by atoms with E-state index in [1.54, 1.807) is 19.7 Å². The van der Waals surface area contributed by atoms with Crippen molar-refractivity contribution in [3.05, 3.63) is 18.2 Å². The molecule has 1 aromatic carbocycles. The number of unbranched alkanes of at least 4 members (excludes halogenated alkanes) is 3. The molecule has 1 amide bonds. The van der Waals surface area contributed by atoms with Gasteiger partial charge in [-0.2, -0.15) is 0 Å². The van der Waals surface area contributed by atoms with Gasteiger partial charge < -0.3 is 14.2 Å². The average Bonchev–Trinajstić information content (AvgIpc) is 2.53. The molecule has 21 heavy (non-hydrogen) atoms. The molecule has 1 aromatic rings. The third kappa shape index (κ3) is 5.91. The topological polar surface area (TPSA) is 77.0 Å². The molecule has 0 spiro atoms. The maximum atomic E-state index is 10.8. The van der Waals surface area contributed by atoms with Gasteiger partial charge in [0.1, 0.15) is 0 Å². The second-order valence-electron chi connectivity index (χ2n) is 4.54. The van der Waals surface area contributed by atoms with Crippen LogP contribution in [0.3, 0.4) is 0 Å². The van der Waals surface area contributed by atoms with Crippen LogP contribution in [0.4, 0.5) is 0 Å². The lowest BCUT2D eigenvalue weighted by atomic mass is 10.1. The summed E-state index contributed by atoms with van der Waals surface area (Å²) in [5.74, 6) is 1.56. The van der Waals surface area contributed by atoms with Gasteiger partial charge in [0.25, 0.3) is 0 Å². The molecule has 6 heteroatoms. The third-order valence-corrected chi connectivity index (χ3v) is 3.05. The minimum absolute atomic E-state index is 0.343. The normalized spacial score (nSPS) is 10.0. The fourth-order valence-electron chi connectivity index (χ4n) is 1.93. The van der Waals surface area contributed by atoms with Crippen molar-refractivity contribution in [2.75, 3.05) is 20.8 Å². The van der Waals surface area contributed by atoms with Gasteiger partial charge in [0.15, 0.2) is 11.5 Å². The number of hydroxylamine groups is 1. The highest BCUT2D eigenvalue weighted by Crippen LogP contribution is 2.36. The molecule has 0 aliphatic rings. The molecule has 0 saturated carbocycles. The van der Waals surface area contributed by atoms with E-state index in [2.05, 4.69) is 0 Å². The molecule has 0 aliphatic heterocycles. The second-order valence-corrected chi connectivity index (χ2v) is 4.54. The lowest BCUT2D eigenvalue weighted by Crippen LogP contribution is -2.17. The number of ether oxygens (including phenoxy) is 3. The summed E-state index contributed by atoms with van der Waals surface area (Å²) in [4.78, 5) is 10.8. The first-order valence-electron chi connectivity index (χ1n) is 6.99. The molecule has 0 radical (unpaired) electrons. The minimum atomic E-state index is -0.343. The van der Waals surface area contributed by atoms with Crippen LogP contribution in [0.5, 0.6) is 17.2 Å². The van der Waals surface area contributed by atoms with E-state index in [4.69, 9.17) is 19.4 Å². The number of amides is 1. The van der Waals surface area contributed by atoms with Gasteiger partial charge in [-0.05, 0) is 25.0 Å². The maximum absolute atomic E-state index is 10.8. The van der Waals surface area contributed by atoms with Crippen LogP contribution in [0.2, 0.25) is 0 Å². The zero-order valence-electron chi connectivity index (χ0n) is 12.6. The molecule has 0 unspecified atom stereocenters. The number of methoxy groups -OCH3 is 2. The number of hydrogen-bond acceptors (Lipinski definition) is 5. The fourth-order valence-corrected chi connectivity index (χ4v) is 1.93. The molecule has 0 bridgehead atoms. The largest absolute Gasteiger partial charge is 0.493 e. The SMILES string of the molecule is COc1cccc(OC)c1OCCCCCCC(=O)NO.